The number of aliphatic hydroxyl groups excluding tert-OH is 3. The maximum atomic E-state index is 12.5. The quantitative estimate of drug-likeness (QED) is 0.310. The Morgan fingerprint density at radius 1 is 1.00 bits per heavy atom. The Bertz CT molecular complexity index is 985. The Hall–Kier alpha value is -0.740. The first-order chi connectivity index (χ1) is 17.0. The first-order valence-corrected chi connectivity index (χ1v) is 15.8. The lowest BCUT2D eigenvalue weighted by Crippen LogP contribution is -2.64. The molecule has 5 N–H and O–H groups in total. The van der Waals surface area contributed by atoms with Crippen molar-refractivity contribution in [2.75, 3.05) is 12.3 Å². The molecule has 0 aromatic carbocycles. The van der Waals surface area contributed by atoms with Crippen LogP contribution in [-0.4, -0.2) is 64.8 Å². The van der Waals surface area contributed by atoms with E-state index in [1.807, 2.05) is 0 Å². The summed E-state index contributed by atoms with van der Waals surface area (Å²) in [5, 5.41) is 36.3. The van der Waals surface area contributed by atoms with Crippen LogP contribution in [0.3, 0.4) is 0 Å². The summed E-state index contributed by atoms with van der Waals surface area (Å²) in [4.78, 5) is 12.5. The third-order valence-electron chi connectivity index (χ3n) is 12.5. The number of rotatable bonds is 7. The van der Waals surface area contributed by atoms with E-state index in [0.29, 0.717) is 12.8 Å². The monoisotopic (exact) mass is 543 g/mol. The van der Waals surface area contributed by atoms with Crippen molar-refractivity contribution in [1.29, 1.82) is 0 Å². The van der Waals surface area contributed by atoms with E-state index < -0.39 is 33.5 Å². The molecule has 0 radical (unpaired) electrons. The van der Waals surface area contributed by atoms with E-state index in [-0.39, 0.29) is 64.9 Å². The zero-order chi connectivity index (χ0) is 27.6. The highest BCUT2D eigenvalue weighted by Gasteiger charge is 2.70. The highest BCUT2D eigenvalue weighted by atomic mass is 32.2. The van der Waals surface area contributed by atoms with Gasteiger partial charge in [-0.1, -0.05) is 34.6 Å². The molecule has 0 spiro atoms. The molecule has 0 saturated heterocycles. The van der Waals surface area contributed by atoms with Gasteiger partial charge in [0.25, 0.3) is 10.1 Å². The van der Waals surface area contributed by atoms with Gasteiger partial charge in [0.05, 0.1) is 24.1 Å². The number of amides is 1. The van der Waals surface area contributed by atoms with Gasteiger partial charge in [0, 0.05) is 18.4 Å². The molecular formula is C28H49NO7S. The summed E-state index contributed by atoms with van der Waals surface area (Å²) in [6.07, 6.45) is 5.32. The second kappa shape index (κ2) is 9.72. The molecule has 214 valence electrons. The van der Waals surface area contributed by atoms with E-state index in [1.54, 1.807) is 0 Å². The van der Waals surface area contributed by atoms with E-state index in [1.165, 1.54) is 0 Å². The van der Waals surface area contributed by atoms with Crippen molar-refractivity contribution in [2.24, 2.45) is 45.3 Å². The molecule has 37 heavy (non-hydrogen) atoms. The Balaban J connectivity index is 1.53. The van der Waals surface area contributed by atoms with E-state index >= 15 is 0 Å². The molecular weight excluding hydrogens is 494 g/mol. The minimum atomic E-state index is -4.12. The van der Waals surface area contributed by atoms with E-state index in [2.05, 4.69) is 39.9 Å². The van der Waals surface area contributed by atoms with Crippen LogP contribution in [0.15, 0.2) is 0 Å². The second-order valence-electron chi connectivity index (χ2n) is 14.1. The van der Waals surface area contributed by atoms with Crippen molar-refractivity contribution in [3.8, 4) is 0 Å². The molecule has 0 bridgehead atoms. The molecule has 4 aliphatic rings. The van der Waals surface area contributed by atoms with Crippen LogP contribution < -0.4 is 5.32 Å². The van der Waals surface area contributed by atoms with Crippen LogP contribution in [0.5, 0.6) is 0 Å². The van der Waals surface area contributed by atoms with Gasteiger partial charge in [0.15, 0.2) is 0 Å². The predicted octanol–water partition coefficient (Wildman–Crippen LogP) is 3.15. The summed E-state index contributed by atoms with van der Waals surface area (Å²) in [5.41, 5.74) is -0.923. The number of carbonyl (C=O) groups excluding carboxylic acids is 1. The fourth-order valence-corrected chi connectivity index (χ4v) is 10.0. The summed E-state index contributed by atoms with van der Waals surface area (Å²) < 4.78 is 30.8. The smallest absolute Gasteiger partial charge is 0.266 e. The van der Waals surface area contributed by atoms with Crippen molar-refractivity contribution < 1.29 is 33.1 Å². The van der Waals surface area contributed by atoms with E-state index in [9.17, 15) is 28.5 Å². The Kier molecular flexibility index (Phi) is 7.68. The standard InChI is InChI=1S/C28H49NO7S/c1-25(2,9-8-23(33)29-12-13-37(34,35)36)27(4)11-7-19-24-20(16-22(32)28(19,27)5)26(3)10-6-18(30)14-17(26)15-21(24)31/h17-22,24,30-32H,6-16H2,1-5H3,(H,29,33)(H,34,35,36)/t17-,18+,19-,20-,21+,22-,24-,26-,27+,28+/m0/s1. The molecule has 4 rings (SSSR count). The number of fused-ring (bicyclic) bond motifs is 5. The van der Waals surface area contributed by atoms with Crippen molar-refractivity contribution in [3.05, 3.63) is 0 Å². The molecule has 9 heteroatoms. The van der Waals surface area contributed by atoms with Gasteiger partial charge in [0.1, 0.15) is 0 Å². The molecule has 4 saturated carbocycles. The largest absolute Gasteiger partial charge is 0.393 e. The van der Waals surface area contributed by atoms with Crippen LogP contribution in [0.25, 0.3) is 0 Å². The molecule has 0 unspecified atom stereocenters. The zero-order valence-electron chi connectivity index (χ0n) is 23.2. The lowest BCUT2D eigenvalue weighted by atomic mass is 9.40. The minimum absolute atomic E-state index is 0.0279. The number of nitrogens with one attached hydrogen (secondary N) is 1. The van der Waals surface area contributed by atoms with Gasteiger partial charge in [-0.2, -0.15) is 8.42 Å². The number of carbonyl (C=O) groups is 1. The predicted molar refractivity (Wildman–Crippen MR) is 141 cm³/mol. The van der Waals surface area contributed by atoms with Crippen LogP contribution >= 0.6 is 0 Å². The van der Waals surface area contributed by atoms with Crippen molar-refractivity contribution >= 4 is 16.0 Å². The number of hydrogen-bond acceptors (Lipinski definition) is 6. The van der Waals surface area contributed by atoms with Gasteiger partial charge in [-0.3, -0.25) is 9.35 Å². The molecule has 0 aromatic heterocycles. The van der Waals surface area contributed by atoms with Crippen LogP contribution in [0.2, 0.25) is 0 Å². The second-order valence-corrected chi connectivity index (χ2v) is 15.7. The Labute approximate surface area is 222 Å². The van der Waals surface area contributed by atoms with Crippen molar-refractivity contribution in [3.63, 3.8) is 0 Å². The summed E-state index contributed by atoms with van der Waals surface area (Å²) in [6, 6.07) is 0. The Morgan fingerprint density at radius 2 is 1.68 bits per heavy atom. The molecule has 4 aliphatic carbocycles. The van der Waals surface area contributed by atoms with Crippen LogP contribution in [0.4, 0.5) is 0 Å². The van der Waals surface area contributed by atoms with Crippen LogP contribution in [0.1, 0.15) is 92.4 Å². The van der Waals surface area contributed by atoms with Gasteiger partial charge in [0.2, 0.25) is 5.91 Å². The third kappa shape index (κ3) is 4.79. The summed E-state index contributed by atoms with van der Waals surface area (Å²) in [6.45, 7) is 11.0. The van der Waals surface area contributed by atoms with Gasteiger partial charge < -0.3 is 20.6 Å². The summed E-state index contributed by atoms with van der Waals surface area (Å²) in [5.74, 6) is 0.0917. The first kappa shape index (κ1) is 29.2. The number of hydrogen-bond donors (Lipinski definition) is 5. The molecule has 0 heterocycles. The third-order valence-corrected chi connectivity index (χ3v) is 13.2. The topological polar surface area (TPSA) is 144 Å². The molecule has 0 aromatic rings. The van der Waals surface area contributed by atoms with E-state index in [4.69, 9.17) is 4.55 Å². The van der Waals surface area contributed by atoms with Gasteiger partial charge in [-0.25, -0.2) is 0 Å². The van der Waals surface area contributed by atoms with Gasteiger partial charge in [-0.05, 0) is 91.3 Å². The molecule has 4 fully saturated rings. The molecule has 8 nitrogen and oxygen atoms in total. The van der Waals surface area contributed by atoms with E-state index in [0.717, 1.165) is 38.5 Å². The first-order valence-electron chi connectivity index (χ1n) is 14.2. The lowest BCUT2D eigenvalue weighted by molar-refractivity contribution is -0.227. The van der Waals surface area contributed by atoms with Crippen molar-refractivity contribution in [1.82, 2.24) is 5.32 Å². The zero-order valence-corrected chi connectivity index (χ0v) is 24.1. The highest BCUT2D eigenvalue weighted by molar-refractivity contribution is 7.85. The highest BCUT2D eigenvalue weighted by Crippen LogP contribution is 2.74. The normalized spacial score (nSPS) is 46.0. The summed E-state index contributed by atoms with van der Waals surface area (Å²) >= 11 is 0. The van der Waals surface area contributed by atoms with Crippen LogP contribution in [0, 0.1) is 45.3 Å². The summed E-state index contributed by atoms with van der Waals surface area (Å²) in [7, 11) is -4.12. The van der Waals surface area contributed by atoms with Gasteiger partial charge in [-0.15, -0.1) is 0 Å². The van der Waals surface area contributed by atoms with Crippen LogP contribution in [-0.2, 0) is 14.9 Å². The molecule has 1 amide bonds. The average molecular weight is 544 g/mol. The lowest BCUT2D eigenvalue weighted by Gasteiger charge is -2.66. The fraction of sp³-hybridized carbons (Fsp3) is 0.964. The maximum Gasteiger partial charge on any atom is 0.266 e. The maximum absolute atomic E-state index is 12.5. The minimum Gasteiger partial charge on any atom is -0.393 e. The number of aliphatic hydroxyl groups is 3. The van der Waals surface area contributed by atoms with Crippen molar-refractivity contribution in [2.45, 2.75) is 111 Å². The molecule has 10 atom stereocenters. The Morgan fingerprint density at radius 3 is 2.32 bits per heavy atom. The SMILES string of the molecule is CC(C)(CCC(=O)NCCS(=O)(=O)O)[C@@]1(C)CC[C@H]2[C@@H]3[C@H](O)C[C@@H]4C[C@H](O)CC[C@]4(C)[C@H]3C[C@H](O)[C@@]21C. The molecule has 0 aliphatic heterocycles. The fourth-order valence-electron chi connectivity index (χ4n) is 9.67. The average Bonchev–Trinajstić information content (AvgIpc) is 3.07. The van der Waals surface area contributed by atoms with Gasteiger partial charge >= 0.3 is 0 Å².